The first kappa shape index (κ1) is 21.5. The highest BCUT2D eigenvalue weighted by atomic mass is 127. The maximum Gasteiger partial charge on any atom is 0.191 e. The van der Waals surface area contributed by atoms with E-state index in [-0.39, 0.29) is 30.0 Å². The lowest BCUT2D eigenvalue weighted by molar-refractivity contribution is 0.113. The third kappa shape index (κ3) is 6.13. The highest BCUT2D eigenvalue weighted by molar-refractivity contribution is 14.0. The van der Waals surface area contributed by atoms with Gasteiger partial charge in [0.15, 0.2) is 5.96 Å². The summed E-state index contributed by atoms with van der Waals surface area (Å²) in [6.07, 6.45) is 5.13. The molecule has 7 heteroatoms. The topological polar surface area (TPSA) is 62.0 Å². The van der Waals surface area contributed by atoms with Gasteiger partial charge < -0.3 is 19.8 Å². The Morgan fingerprint density at radius 2 is 2.08 bits per heavy atom. The van der Waals surface area contributed by atoms with E-state index < -0.39 is 0 Å². The summed E-state index contributed by atoms with van der Waals surface area (Å²) in [5.74, 6) is 2.86. The highest BCUT2D eigenvalue weighted by Gasteiger charge is 2.26. The number of aryl methyl sites for hydroxylation is 1. The maximum absolute atomic E-state index is 5.92. The molecule has 0 radical (unpaired) electrons. The summed E-state index contributed by atoms with van der Waals surface area (Å²) in [5, 5.41) is 6.77. The Balaban J connectivity index is 0.00000243. The summed E-state index contributed by atoms with van der Waals surface area (Å²) in [4.78, 5) is 7.33. The van der Waals surface area contributed by atoms with Gasteiger partial charge in [0.1, 0.15) is 11.5 Å². The molecule has 0 amide bonds. The molecular weight excluding hydrogens is 443 g/mol. The van der Waals surface area contributed by atoms with Crippen molar-refractivity contribution in [2.75, 3.05) is 39.3 Å². The number of likely N-dealkylation sites (tertiary alicyclic amines) is 1. The maximum atomic E-state index is 5.92. The first-order valence-corrected chi connectivity index (χ1v) is 9.70. The lowest BCUT2D eigenvalue weighted by Gasteiger charge is -2.25. The van der Waals surface area contributed by atoms with Crippen molar-refractivity contribution in [2.45, 2.75) is 51.7 Å². The molecule has 2 aliphatic heterocycles. The Kier molecular flexibility index (Phi) is 9.21. The van der Waals surface area contributed by atoms with Crippen molar-refractivity contribution < 1.29 is 9.15 Å². The Labute approximate surface area is 174 Å². The molecule has 0 aromatic carbocycles. The van der Waals surface area contributed by atoms with Crippen molar-refractivity contribution in [1.29, 1.82) is 0 Å². The molecule has 26 heavy (non-hydrogen) atoms. The fraction of sp³-hybridized carbons (Fsp3) is 0.737. The quantitative estimate of drug-likeness (QED) is 0.360. The SMILES string of the molecule is CCNC(=NCC(c1ccc(C)o1)N1CCCC1)NCC1CCCO1.I. The molecule has 0 saturated carbocycles. The van der Waals surface area contributed by atoms with Gasteiger partial charge in [-0.2, -0.15) is 0 Å². The smallest absolute Gasteiger partial charge is 0.191 e. The molecule has 1 aromatic heterocycles. The summed E-state index contributed by atoms with van der Waals surface area (Å²) in [6.45, 7) is 9.60. The number of nitrogens with zero attached hydrogens (tertiary/aromatic N) is 2. The molecule has 2 aliphatic rings. The van der Waals surface area contributed by atoms with Crippen molar-refractivity contribution in [3.05, 3.63) is 23.7 Å². The zero-order valence-electron chi connectivity index (χ0n) is 16.0. The summed E-state index contributed by atoms with van der Waals surface area (Å²) in [6, 6.07) is 4.36. The van der Waals surface area contributed by atoms with Gasteiger partial charge in [0, 0.05) is 19.7 Å². The standard InChI is InChI=1S/C19H32N4O2.HI/c1-3-20-19(21-13-16-7-6-12-24-16)22-14-17(23-10-4-5-11-23)18-9-8-15(2)25-18;/h8-9,16-17H,3-7,10-14H2,1-2H3,(H2,20,21,22);1H. The van der Waals surface area contributed by atoms with Crippen LogP contribution in [0.2, 0.25) is 0 Å². The lowest BCUT2D eigenvalue weighted by atomic mass is 10.2. The molecule has 148 valence electrons. The van der Waals surface area contributed by atoms with Crippen LogP contribution in [0.4, 0.5) is 0 Å². The van der Waals surface area contributed by atoms with Crippen molar-refractivity contribution in [1.82, 2.24) is 15.5 Å². The molecule has 2 saturated heterocycles. The lowest BCUT2D eigenvalue weighted by Crippen LogP contribution is -2.41. The van der Waals surface area contributed by atoms with E-state index in [9.17, 15) is 0 Å². The third-order valence-electron chi connectivity index (χ3n) is 4.96. The molecule has 2 unspecified atom stereocenters. The Morgan fingerprint density at radius 1 is 1.27 bits per heavy atom. The molecule has 0 spiro atoms. The number of hydrogen-bond acceptors (Lipinski definition) is 4. The van der Waals surface area contributed by atoms with E-state index in [4.69, 9.17) is 14.1 Å². The minimum Gasteiger partial charge on any atom is -0.465 e. The molecule has 2 N–H and O–H groups in total. The summed E-state index contributed by atoms with van der Waals surface area (Å²) >= 11 is 0. The van der Waals surface area contributed by atoms with Crippen LogP contribution in [0.1, 0.15) is 50.2 Å². The second-order valence-electron chi connectivity index (χ2n) is 6.94. The van der Waals surface area contributed by atoms with Crippen LogP contribution in [0, 0.1) is 6.92 Å². The van der Waals surface area contributed by atoms with E-state index in [0.29, 0.717) is 12.6 Å². The summed E-state index contributed by atoms with van der Waals surface area (Å²) < 4.78 is 11.6. The number of halogens is 1. The van der Waals surface area contributed by atoms with Gasteiger partial charge in [0.25, 0.3) is 0 Å². The van der Waals surface area contributed by atoms with Crippen LogP contribution >= 0.6 is 24.0 Å². The van der Waals surface area contributed by atoms with Crippen molar-refractivity contribution in [3.63, 3.8) is 0 Å². The zero-order chi connectivity index (χ0) is 17.5. The molecule has 0 bridgehead atoms. The molecular formula is C19H33IN4O2. The first-order chi connectivity index (χ1) is 12.3. The molecule has 0 aliphatic carbocycles. The van der Waals surface area contributed by atoms with E-state index in [1.807, 2.05) is 13.0 Å². The predicted molar refractivity (Wildman–Crippen MR) is 115 cm³/mol. The number of furan rings is 1. The second kappa shape index (κ2) is 11.1. The summed E-state index contributed by atoms with van der Waals surface area (Å²) in [7, 11) is 0. The normalized spacial score (nSPS) is 22.2. The van der Waals surface area contributed by atoms with E-state index in [0.717, 1.165) is 63.1 Å². The van der Waals surface area contributed by atoms with Gasteiger partial charge in [0.05, 0.1) is 18.7 Å². The third-order valence-corrected chi connectivity index (χ3v) is 4.96. The van der Waals surface area contributed by atoms with Crippen molar-refractivity contribution >= 4 is 29.9 Å². The van der Waals surface area contributed by atoms with Crippen LogP contribution in [0.3, 0.4) is 0 Å². The number of hydrogen-bond donors (Lipinski definition) is 2. The number of aliphatic imine (C=N–C) groups is 1. The number of nitrogens with one attached hydrogen (secondary N) is 2. The molecule has 1 aromatic rings. The average Bonchev–Trinajstić information content (AvgIpc) is 3.36. The van der Waals surface area contributed by atoms with Crippen LogP contribution in [-0.4, -0.2) is 56.3 Å². The van der Waals surface area contributed by atoms with Crippen LogP contribution in [0.25, 0.3) is 0 Å². The van der Waals surface area contributed by atoms with Gasteiger partial charge in [-0.15, -0.1) is 24.0 Å². The van der Waals surface area contributed by atoms with Crippen LogP contribution in [0.15, 0.2) is 21.5 Å². The number of rotatable bonds is 7. The molecule has 2 fully saturated rings. The summed E-state index contributed by atoms with van der Waals surface area (Å²) in [5.41, 5.74) is 0. The van der Waals surface area contributed by atoms with Gasteiger partial charge in [-0.25, -0.2) is 0 Å². The minimum absolute atomic E-state index is 0. The van der Waals surface area contributed by atoms with Crippen molar-refractivity contribution in [3.8, 4) is 0 Å². The minimum atomic E-state index is 0. The number of ether oxygens (including phenoxy) is 1. The van der Waals surface area contributed by atoms with Crippen molar-refractivity contribution in [2.24, 2.45) is 4.99 Å². The van der Waals surface area contributed by atoms with Crippen LogP contribution in [-0.2, 0) is 4.74 Å². The first-order valence-electron chi connectivity index (χ1n) is 9.70. The van der Waals surface area contributed by atoms with Gasteiger partial charge in [-0.05, 0) is 64.8 Å². The Morgan fingerprint density at radius 3 is 2.69 bits per heavy atom. The fourth-order valence-corrected chi connectivity index (χ4v) is 3.61. The molecule has 3 heterocycles. The fourth-order valence-electron chi connectivity index (χ4n) is 3.61. The van der Waals surface area contributed by atoms with Crippen LogP contribution in [0.5, 0.6) is 0 Å². The van der Waals surface area contributed by atoms with Gasteiger partial charge >= 0.3 is 0 Å². The average molecular weight is 476 g/mol. The van der Waals surface area contributed by atoms with E-state index in [1.165, 1.54) is 12.8 Å². The van der Waals surface area contributed by atoms with Gasteiger partial charge in [-0.1, -0.05) is 0 Å². The number of guanidine groups is 1. The Hall–Kier alpha value is -0.800. The molecule has 2 atom stereocenters. The largest absolute Gasteiger partial charge is 0.465 e. The van der Waals surface area contributed by atoms with E-state index in [1.54, 1.807) is 0 Å². The zero-order valence-corrected chi connectivity index (χ0v) is 18.3. The van der Waals surface area contributed by atoms with Gasteiger partial charge in [0.2, 0.25) is 0 Å². The highest BCUT2D eigenvalue weighted by Crippen LogP contribution is 2.26. The van der Waals surface area contributed by atoms with E-state index in [2.05, 4.69) is 28.5 Å². The predicted octanol–water partition coefficient (Wildman–Crippen LogP) is 3.08. The van der Waals surface area contributed by atoms with Gasteiger partial charge in [-0.3, -0.25) is 9.89 Å². The van der Waals surface area contributed by atoms with Crippen LogP contribution < -0.4 is 10.6 Å². The monoisotopic (exact) mass is 476 g/mol. The van der Waals surface area contributed by atoms with E-state index >= 15 is 0 Å². The second-order valence-corrected chi connectivity index (χ2v) is 6.94. The Bertz CT molecular complexity index is 551. The molecule has 3 rings (SSSR count). The molecule has 6 nitrogen and oxygen atoms in total.